The number of ketones is 1. The zero-order chi connectivity index (χ0) is 7.68. The summed E-state index contributed by atoms with van der Waals surface area (Å²) in [6.07, 6.45) is 0.493. The minimum Gasteiger partial charge on any atom is -0.485 e. The molecule has 0 amide bonds. The van der Waals surface area contributed by atoms with Crippen molar-refractivity contribution in [1.82, 2.24) is 0 Å². The molecule has 2 nitrogen and oxygen atoms in total. The molecule has 1 aliphatic heterocycles. The number of benzene rings is 1. The molecular formula is C9H7O2. The van der Waals surface area contributed by atoms with E-state index >= 15 is 0 Å². The summed E-state index contributed by atoms with van der Waals surface area (Å²) >= 11 is 0. The summed E-state index contributed by atoms with van der Waals surface area (Å²) in [4.78, 5) is 10.9. The maximum atomic E-state index is 10.9. The lowest BCUT2D eigenvalue weighted by molar-refractivity contribution is -0.121. The van der Waals surface area contributed by atoms with Gasteiger partial charge in [0.25, 0.3) is 0 Å². The lowest BCUT2D eigenvalue weighted by Crippen LogP contribution is -2.19. The molecule has 0 aliphatic carbocycles. The van der Waals surface area contributed by atoms with Gasteiger partial charge in [-0.1, -0.05) is 18.2 Å². The number of para-hydroxylation sites is 1. The molecule has 0 spiro atoms. The Hall–Kier alpha value is -1.31. The fourth-order valence-electron chi connectivity index (χ4n) is 1.15. The van der Waals surface area contributed by atoms with E-state index in [1.165, 1.54) is 0 Å². The van der Waals surface area contributed by atoms with Crippen molar-refractivity contribution in [3.63, 3.8) is 0 Å². The van der Waals surface area contributed by atoms with E-state index in [1.54, 1.807) is 6.07 Å². The molecule has 0 saturated carbocycles. The van der Waals surface area contributed by atoms with Crippen LogP contribution in [0.4, 0.5) is 0 Å². The Morgan fingerprint density at radius 2 is 2.45 bits per heavy atom. The minimum absolute atomic E-state index is 0.136. The van der Waals surface area contributed by atoms with Crippen LogP contribution in [0.25, 0.3) is 0 Å². The highest BCUT2D eigenvalue weighted by molar-refractivity contribution is 5.84. The molecule has 2 rings (SSSR count). The third-order valence-electron chi connectivity index (χ3n) is 1.66. The summed E-state index contributed by atoms with van der Waals surface area (Å²) in [6.45, 7) is 0.202. The SMILES string of the molecule is O=C1COc2[c]cccc2C1. The Morgan fingerprint density at radius 3 is 3.36 bits per heavy atom. The maximum Gasteiger partial charge on any atom is 0.174 e. The van der Waals surface area contributed by atoms with Crippen molar-refractivity contribution in [2.75, 3.05) is 6.61 Å². The smallest absolute Gasteiger partial charge is 0.174 e. The van der Waals surface area contributed by atoms with Crippen LogP contribution in [-0.2, 0) is 11.2 Å². The van der Waals surface area contributed by atoms with Gasteiger partial charge in [-0.3, -0.25) is 4.79 Å². The van der Waals surface area contributed by atoms with Gasteiger partial charge in [0, 0.05) is 18.1 Å². The monoisotopic (exact) mass is 147 g/mol. The highest BCUT2D eigenvalue weighted by Crippen LogP contribution is 2.21. The number of hydrogen-bond acceptors (Lipinski definition) is 2. The van der Waals surface area contributed by atoms with Crippen LogP contribution in [0.15, 0.2) is 18.2 Å². The molecule has 1 radical (unpaired) electrons. The number of fused-ring (bicyclic) bond motifs is 1. The average Bonchev–Trinajstić information content (AvgIpc) is 2.04. The molecule has 0 saturated heterocycles. The first-order valence-corrected chi connectivity index (χ1v) is 3.50. The predicted molar refractivity (Wildman–Crippen MR) is 39.5 cm³/mol. The summed E-state index contributed by atoms with van der Waals surface area (Å²) in [6, 6.07) is 8.47. The van der Waals surface area contributed by atoms with E-state index in [9.17, 15) is 4.79 Å². The Morgan fingerprint density at radius 1 is 1.55 bits per heavy atom. The first-order valence-electron chi connectivity index (χ1n) is 3.50. The predicted octanol–water partition coefficient (Wildman–Crippen LogP) is 0.991. The molecule has 11 heavy (non-hydrogen) atoms. The van der Waals surface area contributed by atoms with Gasteiger partial charge in [0.1, 0.15) is 12.4 Å². The second-order valence-electron chi connectivity index (χ2n) is 2.53. The summed E-state index contributed by atoms with van der Waals surface area (Å²) in [5.41, 5.74) is 0.948. The zero-order valence-electron chi connectivity index (χ0n) is 5.96. The zero-order valence-corrected chi connectivity index (χ0v) is 5.96. The third-order valence-corrected chi connectivity index (χ3v) is 1.66. The number of carbonyl (C=O) groups is 1. The molecule has 1 aromatic carbocycles. The number of carbonyl (C=O) groups excluding carboxylic acids is 1. The van der Waals surface area contributed by atoms with Crippen molar-refractivity contribution in [2.24, 2.45) is 0 Å². The molecule has 0 N–H and O–H groups in total. The highest BCUT2D eigenvalue weighted by atomic mass is 16.5. The van der Waals surface area contributed by atoms with E-state index < -0.39 is 0 Å². The highest BCUT2D eigenvalue weighted by Gasteiger charge is 2.15. The first-order chi connectivity index (χ1) is 5.36. The van der Waals surface area contributed by atoms with Crippen LogP contribution < -0.4 is 4.74 Å². The van der Waals surface area contributed by atoms with E-state index in [0.717, 1.165) is 11.3 Å². The lowest BCUT2D eigenvalue weighted by Gasteiger charge is -2.14. The Bertz CT molecular complexity index is 291. The molecule has 55 valence electrons. The molecule has 1 aliphatic rings. The summed E-state index contributed by atoms with van der Waals surface area (Å²) in [5, 5.41) is 0. The van der Waals surface area contributed by atoms with E-state index in [1.807, 2.05) is 12.1 Å². The van der Waals surface area contributed by atoms with Gasteiger partial charge in [0.05, 0.1) is 0 Å². The standard InChI is InChI=1S/C9H7O2/c10-8-5-7-3-1-2-4-9(7)11-6-8/h1-3H,5-6H2. The van der Waals surface area contributed by atoms with Crippen LogP contribution in [0.5, 0.6) is 5.75 Å². The van der Waals surface area contributed by atoms with Gasteiger partial charge >= 0.3 is 0 Å². The third kappa shape index (κ3) is 1.11. The summed E-state index contributed by atoms with van der Waals surface area (Å²) in [7, 11) is 0. The molecule has 1 aromatic rings. The van der Waals surface area contributed by atoms with Crippen molar-refractivity contribution in [2.45, 2.75) is 6.42 Å². The molecule has 1 heterocycles. The van der Waals surface area contributed by atoms with Crippen LogP contribution in [0.2, 0.25) is 0 Å². The first kappa shape index (κ1) is 6.40. The van der Waals surface area contributed by atoms with Crippen molar-refractivity contribution < 1.29 is 9.53 Å². The number of Topliss-reactive ketones (excluding diaryl/α,β-unsaturated/α-hetero) is 1. The second kappa shape index (κ2) is 2.38. The average molecular weight is 147 g/mol. The lowest BCUT2D eigenvalue weighted by atomic mass is 10.1. The molecule has 0 unspecified atom stereocenters. The van der Waals surface area contributed by atoms with Gasteiger partial charge < -0.3 is 4.74 Å². The molecular weight excluding hydrogens is 140 g/mol. The minimum atomic E-state index is 0.136. The van der Waals surface area contributed by atoms with Crippen molar-refractivity contribution in [3.05, 3.63) is 29.8 Å². The van der Waals surface area contributed by atoms with Gasteiger partial charge in [-0.25, -0.2) is 0 Å². The van der Waals surface area contributed by atoms with Crippen LogP contribution in [0.3, 0.4) is 0 Å². The van der Waals surface area contributed by atoms with Gasteiger partial charge in [0.15, 0.2) is 5.78 Å². The van der Waals surface area contributed by atoms with Crippen molar-refractivity contribution >= 4 is 5.78 Å². The largest absolute Gasteiger partial charge is 0.485 e. The normalized spacial score (nSPS) is 15.5. The van der Waals surface area contributed by atoms with Crippen LogP contribution >= 0.6 is 0 Å². The van der Waals surface area contributed by atoms with E-state index in [2.05, 4.69) is 6.07 Å². The van der Waals surface area contributed by atoms with E-state index in [-0.39, 0.29) is 12.4 Å². The second-order valence-corrected chi connectivity index (χ2v) is 2.53. The van der Waals surface area contributed by atoms with Crippen LogP contribution in [0.1, 0.15) is 5.56 Å². The Labute approximate surface area is 64.8 Å². The number of hydrogen-bond donors (Lipinski definition) is 0. The van der Waals surface area contributed by atoms with E-state index in [4.69, 9.17) is 4.74 Å². The summed E-state index contributed by atoms with van der Waals surface area (Å²) < 4.78 is 5.13. The van der Waals surface area contributed by atoms with Crippen LogP contribution in [-0.4, -0.2) is 12.4 Å². The van der Waals surface area contributed by atoms with Crippen molar-refractivity contribution in [3.8, 4) is 5.75 Å². The van der Waals surface area contributed by atoms with Crippen molar-refractivity contribution in [1.29, 1.82) is 0 Å². The molecule has 2 heteroatoms. The quantitative estimate of drug-likeness (QED) is 0.547. The fourth-order valence-corrected chi connectivity index (χ4v) is 1.15. The van der Waals surface area contributed by atoms with Gasteiger partial charge in [0.2, 0.25) is 0 Å². The molecule has 0 fully saturated rings. The molecule has 0 aromatic heterocycles. The summed E-state index contributed by atoms with van der Waals surface area (Å²) in [5.74, 6) is 0.865. The fraction of sp³-hybridized carbons (Fsp3) is 0.222. The molecule has 0 bridgehead atoms. The van der Waals surface area contributed by atoms with Crippen LogP contribution in [0, 0.1) is 6.07 Å². The van der Waals surface area contributed by atoms with Gasteiger partial charge in [-0.05, 0) is 0 Å². The Balaban J connectivity index is 2.41. The topological polar surface area (TPSA) is 26.3 Å². The Kier molecular flexibility index (Phi) is 1.39. The van der Waals surface area contributed by atoms with Gasteiger partial charge in [-0.15, -0.1) is 0 Å². The number of ether oxygens (including phenoxy) is 1. The number of rotatable bonds is 0. The van der Waals surface area contributed by atoms with E-state index in [0.29, 0.717) is 6.42 Å². The maximum absolute atomic E-state index is 10.9. The van der Waals surface area contributed by atoms with Gasteiger partial charge in [-0.2, -0.15) is 0 Å². The molecule has 0 atom stereocenters.